The lowest BCUT2D eigenvalue weighted by Crippen LogP contribution is -2.43. The molecule has 3 nitrogen and oxygen atoms in total. The molecule has 0 aromatic carbocycles. The number of carbonyl (C=O) groups excluding carboxylic acids is 1. The number of hydrogen-bond donors (Lipinski definition) is 1. The van der Waals surface area contributed by atoms with E-state index in [-0.39, 0.29) is 11.9 Å². The van der Waals surface area contributed by atoms with Gasteiger partial charge < -0.3 is 10.6 Å². The third-order valence-corrected chi connectivity index (χ3v) is 2.48. The van der Waals surface area contributed by atoms with E-state index in [0.717, 1.165) is 19.3 Å². The molecule has 3 heteroatoms. The van der Waals surface area contributed by atoms with Gasteiger partial charge >= 0.3 is 0 Å². The van der Waals surface area contributed by atoms with Crippen LogP contribution >= 0.6 is 0 Å². The lowest BCUT2D eigenvalue weighted by Gasteiger charge is -2.21. The Labute approximate surface area is 80.3 Å². The van der Waals surface area contributed by atoms with Gasteiger partial charge in [-0.25, -0.2) is 0 Å². The molecule has 0 aromatic heterocycles. The van der Waals surface area contributed by atoms with Gasteiger partial charge in [0.2, 0.25) is 5.91 Å². The van der Waals surface area contributed by atoms with E-state index in [4.69, 9.17) is 5.73 Å². The quantitative estimate of drug-likeness (QED) is 0.708. The van der Waals surface area contributed by atoms with E-state index in [2.05, 4.69) is 13.8 Å². The minimum absolute atomic E-state index is 0.108. The third-order valence-electron chi connectivity index (χ3n) is 2.48. The van der Waals surface area contributed by atoms with E-state index in [1.54, 1.807) is 0 Å². The van der Waals surface area contributed by atoms with Crippen LogP contribution in [0.3, 0.4) is 0 Å². The Bertz CT molecular complexity index is 187. The topological polar surface area (TPSA) is 46.3 Å². The third kappa shape index (κ3) is 2.99. The molecule has 0 aliphatic heterocycles. The van der Waals surface area contributed by atoms with Crippen molar-refractivity contribution in [3.8, 4) is 0 Å². The summed E-state index contributed by atoms with van der Waals surface area (Å²) in [5.74, 6) is 0.600. The van der Waals surface area contributed by atoms with E-state index in [0.29, 0.717) is 12.0 Å². The van der Waals surface area contributed by atoms with Gasteiger partial charge in [-0.2, -0.15) is 0 Å². The van der Waals surface area contributed by atoms with Gasteiger partial charge in [0, 0.05) is 13.1 Å². The van der Waals surface area contributed by atoms with E-state index in [9.17, 15) is 4.79 Å². The summed E-state index contributed by atoms with van der Waals surface area (Å²) in [5.41, 5.74) is 5.79. The highest BCUT2D eigenvalue weighted by Gasteiger charge is 2.31. The molecule has 1 aliphatic rings. The molecule has 0 spiro atoms. The van der Waals surface area contributed by atoms with Crippen molar-refractivity contribution < 1.29 is 4.79 Å². The van der Waals surface area contributed by atoms with Gasteiger partial charge in [0.25, 0.3) is 0 Å². The monoisotopic (exact) mass is 184 g/mol. The molecule has 0 heterocycles. The average Bonchev–Trinajstić information content (AvgIpc) is 2.82. The van der Waals surface area contributed by atoms with E-state index >= 15 is 0 Å². The van der Waals surface area contributed by atoms with Crippen LogP contribution in [-0.4, -0.2) is 29.9 Å². The molecular formula is C10H20N2O. The van der Waals surface area contributed by atoms with Crippen LogP contribution in [0.2, 0.25) is 0 Å². The normalized spacial score (nSPS) is 18.8. The number of nitrogens with zero attached hydrogens (tertiary/aromatic N) is 1. The van der Waals surface area contributed by atoms with E-state index in [1.165, 1.54) is 0 Å². The Hall–Kier alpha value is -0.570. The molecule has 76 valence electrons. The van der Waals surface area contributed by atoms with Crippen molar-refractivity contribution in [3.63, 3.8) is 0 Å². The Morgan fingerprint density at radius 2 is 2.08 bits per heavy atom. The zero-order chi connectivity index (χ0) is 10.0. The largest absolute Gasteiger partial charge is 0.341 e. The second-order valence-electron chi connectivity index (χ2n) is 4.42. The minimum atomic E-state index is -0.300. The Balaban J connectivity index is 2.36. The predicted molar refractivity (Wildman–Crippen MR) is 53.2 cm³/mol. The molecule has 1 aliphatic carbocycles. The highest BCUT2D eigenvalue weighted by atomic mass is 16.2. The van der Waals surface area contributed by atoms with Crippen molar-refractivity contribution in [1.29, 1.82) is 0 Å². The first kappa shape index (κ1) is 10.5. The lowest BCUT2D eigenvalue weighted by atomic mass is 10.0. The fourth-order valence-electron chi connectivity index (χ4n) is 1.51. The van der Waals surface area contributed by atoms with Gasteiger partial charge in [0.15, 0.2) is 0 Å². The van der Waals surface area contributed by atoms with Crippen LogP contribution in [0.4, 0.5) is 0 Å². The molecule has 0 radical (unpaired) electrons. The second kappa shape index (κ2) is 4.09. The molecule has 0 aromatic rings. The van der Waals surface area contributed by atoms with Crippen molar-refractivity contribution in [2.24, 2.45) is 11.7 Å². The molecule has 0 unspecified atom stereocenters. The summed E-state index contributed by atoms with van der Waals surface area (Å²) >= 11 is 0. The molecule has 0 bridgehead atoms. The van der Waals surface area contributed by atoms with Crippen LogP contribution in [0.1, 0.15) is 33.1 Å². The van der Waals surface area contributed by atoms with Gasteiger partial charge in [0.05, 0.1) is 6.04 Å². The maximum absolute atomic E-state index is 11.7. The molecule has 1 rings (SSSR count). The molecule has 13 heavy (non-hydrogen) atoms. The number of hydrogen-bond acceptors (Lipinski definition) is 2. The van der Waals surface area contributed by atoms with Crippen molar-refractivity contribution in [2.45, 2.75) is 45.2 Å². The first-order valence-corrected chi connectivity index (χ1v) is 5.04. The summed E-state index contributed by atoms with van der Waals surface area (Å²) in [6.45, 7) is 4.18. The average molecular weight is 184 g/mol. The molecule has 2 N–H and O–H groups in total. The second-order valence-corrected chi connectivity index (χ2v) is 4.42. The predicted octanol–water partition coefficient (Wildman–Crippen LogP) is 0.981. The number of amides is 1. The van der Waals surface area contributed by atoms with Crippen LogP contribution in [-0.2, 0) is 4.79 Å². The molecule has 0 saturated heterocycles. The SMILES string of the molecule is CC(C)C[C@@H](N)C(=O)N(C)C1CC1. The Morgan fingerprint density at radius 1 is 1.54 bits per heavy atom. The highest BCUT2D eigenvalue weighted by molar-refractivity contribution is 5.81. The van der Waals surface area contributed by atoms with Crippen LogP contribution in [0.5, 0.6) is 0 Å². The number of rotatable bonds is 4. The zero-order valence-electron chi connectivity index (χ0n) is 8.79. The molecule has 1 amide bonds. The van der Waals surface area contributed by atoms with Crippen molar-refractivity contribution in [2.75, 3.05) is 7.05 Å². The summed E-state index contributed by atoms with van der Waals surface area (Å²) in [6.07, 6.45) is 3.09. The summed E-state index contributed by atoms with van der Waals surface area (Å²) in [5, 5.41) is 0. The number of nitrogens with two attached hydrogens (primary N) is 1. The Kier molecular flexibility index (Phi) is 3.31. The van der Waals surface area contributed by atoms with Gasteiger partial charge in [-0.05, 0) is 25.2 Å². The molecular weight excluding hydrogens is 164 g/mol. The van der Waals surface area contributed by atoms with E-state index < -0.39 is 0 Å². The first-order chi connectivity index (χ1) is 6.02. The fourth-order valence-corrected chi connectivity index (χ4v) is 1.51. The summed E-state index contributed by atoms with van der Waals surface area (Å²) in [7, 11) is 1.86. The standard InChI is InChI=1S/C10H20N2O/c1-7(2)6-9(11)10(13)12(3)8-4-5-8/h7-9H,4-6,11H2,1-3H3/t9-/m1/s1. The smallest absolute Gasteiger partial charge is 0.239 e. The maximum atomic E-state index is 11.7. The van der Waals surface area contributed by atoms with Crippen molar-refractivity contribution in [1.82, 2.24) is 4.90 Å². The fraction of sp³-hybridized carbons (Fsp3) is 0.900. The molecule has 1 fully saturated rings. The van der Waals surface area contributed by atoms with E-state index in [1.807, 2.05) is 11.9 Å². The van der Waals surface area contributed by atoms with Gasteiger partial charge in [-0.15, -0.1) is 0 Å². The lowest BCUT2D eigenvalue weighted by molar-refractivity contribution is -0.132. The minimum Gasteiger partial charge on any atom is -0.341 e. The van der Waals surface area contributed by atoms with Gasteiger partial charge in [-0.3, -0.25) is 4.79 Å². The summed E-state index contributed by atoms with van der Waals surface area (Å²) < 4.78 is 0. The highest BCUT2D eigenvalue weighted by Crippen LogP contribution is 2.26. The molecule has 1 saturated carbocycles. The van der Waals surface area contributed by atoms with Gasteiger partial charge in [0.1, 0.15) is 0 Å². The van der Waals surface area contributed by atoms with Crippen LogP contribution in [0.25, 0.3) is 0 Å². The van der Waals surface area contributed by atoms with Gasteiger partial charge in [-0.1, -0.05) is 13.8 Å². The maximum Gasteiger partial charge on any atom is 0.239 e. The summed E-state index contributed by atoms with van der Waals surface area (Å²) in [6, 6.07) is 0.177. The number of carbonyl (C=O) groups is 1. The van der Waals surface area contributed by atoms with Crippen molar-refractivity contribution >= 4 is 5.91 Å². The first-order valence-electron chi connectivity index (χ1n) is 5.04. The van der Waals surface area contributed by atoms with Crippen molar-refractivity contribution in [3.05, 3.63) is 0 Å². The number of likely N-dealkylation sites (N-methyl/N-ethyl adjacent to an activating group) is 1. The summed E-state index contributed by atoms with van der Waals surface area (Å²) in [4.78, 5) is 13.5. The van der Waals surface area contributed by atoms with Crippen LogP contribution < -0.4 is 5.73 Å². The van der Waals surface area contributed by atoms with Crippen LogP contribution in [0.15, 0.2) is 0 Å². The molecule has 1 atom stereocenters. The Morgan fingerprint density at radius 3 is 2.46 bits per heavy atom. The van der Waals surface area contributed by atoms with Crippen LogP contribution in [0, 0.1) is 5.92 Å². The zero-order valence-corrected chi connectivity index (χ0v) is 8.79.